The fraction of sp³-hybridized carbons (Fsp3) is 0.643. The third kappa shape index (κ3) is 3.41. The minimum Gasteiger partial charge on any atom is -0.379 e. The first-order valence-corrected chi connectivity index (χ1v) is 6.99. The largest absolute Gasteiger partial charge is 0.379 e. The Balaban J connectivity index is 2.07. The first-order valence-electron chi connectivity index (χ1n) is 6.99. The topological polar surface area (TPSA) is 98.7 Å². The van der Waals surface area contributed by atoms with Crippen LogP contribution in [0.3, 0.4) is 0 Å². The van der Waals surface area contributed by atoms with Crippen molar-refractivity contribution in [3.05, 3.63) is 17.5 Å². The molecular weight excluding hydrogens is 274 g/mol. The molecule has 1 aliphatic rings. The second-order valence-electron chi connectivity index (χ2n) is 5.68. The van der Waals surface area contributed by atoms with E-state index in [4.69, 9.17) is 15.0 Å². The normalized spacial score (nSPS) is 22.0. The molecule has 0 saturated carbocycles. The molecule has 2 atom stereocenters. The lowest BCUT2D eigenvalue weighted by Crippen LogP contribution is -2.30. The zero-order valence-corrected chi connectivity index (χ0v) is 12.5. The van der Waals surface area contributed by atoms with E-state index in [0.29, 0.717) is 18.8 Å². The van der Waals surface area contributed by atoms with Gasteiger partial charge in [0, 0.05) is 44.5 Å². The number of methoxy groups -OCH3 is 1. The van der Waals surface area contributed by atoms with Crippen LogP contribution in [0.15, 0.2) is 10.6 Å². The lowest BCUT2D eigenvalue weighted by Gasteiger charge is -2.13. The molecule has 1 aromatic rings. The molecular formula is C14H21N3O4. The van der Waals surface area contributed by atoms with Gasteiger partial charge in [0.05, 0.1) is 6.10 Å². The number of nitrogens with two attached hydrogens (primary N) is 1. The van der Waals surface area contributed by atoms with Crippen molar-refractivity contribution in [1.82, 2.24) is 10.1 Å². The van der Waals surface area contributed by atoms with Gasteiger partial charge in [-0.05, 0) is 0 Å². The molecule has 2 heterocycles. The minimum absolute atomic E-state index is 0.0760. The Kier molecular flexibility index (Phi) is 4.62. The molecule has 1 saturated heterocycles. The molecule has 0 radical (unpaired) electrons. The van der Waals surface area contributed by atoms with E-state index >= 15 is 0 Å². The molecule has 7 nitrogen and oxygen atoms in total. The number of carbonyl (C=O) groups is 2. The van der Waals surface area contributed by atoms with Crippen molar-refractivity contribution in [1.29, 1.82) is 0 Å². The number of hydrogen-bond acceptors (Lipinski definition) is 5. The van der Waals surface area contributed by atoms with Gasteiger partial charge >= 0.3 is 0 Å². The van der Waals surface area contributed by atoms with E-state index in [0.717, 1.165) is 0 Å². The first-order chi connectivity index (χ1) is 9.92. The summed E-state index contributed by atoms with van der Waals surface area (Å²) in [6, 6.07) is 1.66. The zero-order chi connectivity index (χ0) is 15.6. The van der Waals surface area contributed by atoms with Crippen LogP contribution in [0.25, 0.3) is 0 Å². The van der Waals surface area contributed by atoms with Crippen molar-refractivity contribution in [2.24, 2.45) is 11.7 Å². The number of ether oxygens (including phenoxy) is 1. The summed E-state index contributed by atoms with van der Waals surface area (Å²) in [6.45, 7) is 4.80. The van der Waals surface area contributed by atoms with E-state index in [1.165, 1.54) is 0 Å². The molecule has 1 aliphatic heterocycles. The van der Waals surface area contributed by atoms with Crippen LogP contribution in [-0.2, 0) is 9.53 Å². The van der Waals surface area contributed by atoms with Gasteiger partial charge in [-0.3, -0.25) is 9.59 Å². The van der Waals surface area contributed by atoms with Crippen molar-refractivity contribution < 1.29 is 18.8 Å². The van der Waals surface area contributed by atoms with Gasteiger partial charge in [0.1, 0.15) is 5.76 Å². The van der Waals surface area contributed by atoms with Gasteiger partial charge in [0.2, 0.25) is 5.91 Å². The summed E-state index contributed by atoms with van der Waals surface area (Å²) in [5, 5.41) is 3.82. The Labute approximate surface area is 123 Å². The summed E-state index contributed by atoms with van der Waals surface area (Å²) >= 11 is 0. The Morgan fingerprint density at radius 3 is 2.76 bits per heavy atom. The Bertz CT molecular complexity index is 526. The number of aromatic nitrogens is 1. The Morgan fingerprint density at radius 2 is 2.24 bits per heavy atom. The van der Waals surface area contributed by atoms with Gasteiger partial charge < -0.3 is 19.9 Å². The highest BCUT2D eigenvalue weighted by Gasteiger charge is 2.37. The van der Waals surface area contributed by atoms with Crippen LogP contribution in [0.1, 0.15) is 42.4 Å². The second kappa shape index (κ2) is 6.26. The SMILES string of the molecule is CO[C@H]1CN(C(=O)c2cc(C(C)C)on2)C[C@@H]1CC(N)=O. The number of hydrogen-bond donors (Lipinski definition) is 1. The Hall–Kier alpha value is -1.89. The average molecular weight is 295 g/mol. The standard InChI is InChI=1S/C14H21N3O4/c1-8(2)11-5-10(16-21-11)14(19)17-6-9(4-13(15)18)12(7-17)20-3/h5,8-9,12H,4,6-7H2,1-3H3,(H2,15,18)/t9-,12-/m0/s1. The molecule has 21 heavy (non-hydrogen) atoms. The predicted molar refractivity (Wildman–Crippen MR) is 74.6 cm³/mol. The first kappa shape index (κ1) is 15.5. The quantitative estimate of drug-likeness (QED) is 0.864. The van der Waals surface area contributed by atoms with Crippen molar-refractivity contribution in [3.8, 4) is 0 Å². The molecule has 0 aliphatic carbocycles. The van der Waals surface area contributed by atoms with Crippen LogP contribution < -0.4 is 5.73 Å². The van der Waals surface area contributed by atoms with Gasteiger partial charge in [-0.15, -0.1) is 0 Å². The molecule has 0 bridgehead atoms. The maximum atomic E-state index is 12.4. The van der Waals surface area contributed by atoms with E-state index in [9.17, 15) is 9.59 Å². The number of primary amides is 1. The van der Waals surface area contributed by atoms with Crippen molar-refractivity contribution in [2.45, 2.75) is 32.3 Å². The molecule has 0 spiro atoms. The van der Waals surface area contributed by atoms with E-state index in [1.54, 1.807) is 18.1 Å². The lowest BCUT2D eigenvalue weighted by atomic mass is 10.0. The summed E-state index contributed by atoms with van der Waals surface area (Å²) in [7, 11) is 1.57. The number of rotatable bonds is 5. The molecule has 1 fully saturated rings. The summed E-state index contributed by atoms with van der Waals surface area (Å²) < 4.78 is 10.5. The Morgan fingerprint density at radius 1 is 1.52 bits per heavy atom. The van der Waals surface area contributed by atoms with Gasteiger partial charge in [-0.2, -0.15) is 0 Å². The molecule has 1 aromatic heterocycles. The van der Waals surface area contributed by atoms with E-state index in [1.807, 2.05) is 13.8 Å². The average Bonchev–Trinajstić information content (AvgIpc) is 3.03. The van der Waals surface area contributed by atoms with Crippen LogP contribution >= 0.6 is 0 Å². The smallest absolute Gasteiger partial charge is 0.276 e. The van der Waals surface area contributed by atoms with Gasteiger partial charge in [0.15, 0.2) is 5.69 Å². The monoisotopic (exact) mass is 295 g/mol. The summed E-state index contributed by atoms with van der Waals surface area (Å²) in [4.78, 5) is 25.1. The van der Waals surface area contributed by atoms with Gasteiger partial charge in [-0.25, -0.2) is 0 Å². The van der Waals surface area contributed by atoms with Crippen LogP contribution in [0.5, 0.6) is 0 Å². The fourth-order valence-corrected chi connectivity index (χ4v) is 2.55. The number of carbonyl (C=O) groups excluding carboxylic acids is 2. The number of amides is 2. The highest BCUT2D eigenvalue weighted by Crippen LogP contribution is 2.24. The molecule has 0 unspecified atom stereocenters. The maximum absolute atomic E-state index is 12.4. The third-order valence-corrected chi connectivity index (χ3v) is 3.75. The number of likely N-dealkylation sites (tertiary alicyclic amines) is 1. The summed E-state index contributed by atoms with van der Waals surface area (Å²) in [5.74, 6) is 0.175. The summed E-state index contributed by atoms with van der Waals surface area (Å²) in [6.07, 6.45) is 0.0242. The van der Waals surface area contributed by atoms with Crippen molar-refractivity contribution in [3.63, 3.8) is 0 Å². The van der Waals surface area contributed by atoms with Crippen LogP contribution in [0, 0.1) is 5.92 Å². The maximum Gasteiger partial charge on any atom is 0.276 e. The molecule has 0 aromatic carbocycles. The molecule has 2 N–H and O–H groups in total. The van der Waals surface area contributed by atoms with E-state index in [-0.39, 0.29) is 41.9 Å². The van der Waals surface area contributed by atoms with E-state index in [2.05, 4.69) is 5.16 Å². The molecule has 116 valence electrons. The predicted octanol–water partition coefficient (Wildman–Crippen LogP) is 0.760. The van der Waals surface area contributed by atoms with E-state index < -0.39 is 0 Å². The fourth-order valence-electron chi connectivity index (χ4n) is 2.55. The van der Waals surface area contributed by atoms with Crippen LogP contribution in [0.2, 0.25) is 0 Å². The number of nitrogens with zero attached hydrogens (tertiary/aromatic N) is 2. The molecule has 2 rings (SSSR count). The lowest BCUT2D eigenvalue weighted by molar-refractivity contribution is -0.119. The van der Waals surface area contributed by atoms with Crippen molar-refractivity contribution >= 4 is 11.8 Å². The molecule has 2 amide bonds. The van der Waals surface area contributed by atoms with Gasteiger partial charge in [0.25, 0.3) is 5.91 Å². The van der Waals surface area contributed by atoms with Gasteiger partial charge in [-0.1, -0.05) is 19.0 Å². The summed E-state index contributed by atoms with van der Waals surface area (Å²) in [5.41, 5.74) is 5.52. The zero-order valence-electron chi connectivity index (χ0n) is 12.5. The molecule has 7 heteroatoms. The van der Waals surface area contributed by atoms with Crippen LogP contribution in [-0.4, -0.2) is 48.2 Å². The third-order valence-electron chi connectivity index (χ3n) is 3.75. The second-order valence-corrected chi connectivity index (χ2v) is 5.68. The highest BCUT2D eigenvalue weighted by atomic mass is 16.5. The van der Waals surface area contributed by atoms with Crippen LogP contribution in [0.4, 0.5) is 0 Å². The van der Waals surface area contributed by atoms with Crippen molar-refractivity contribution in [2.75, 3.05) is 20.2 Å². The minimum atomic E-state index is -0.389. The highest BCUT2D eigenvalue weighted by molar-refractivity contribution is 5.92.